The van der Waals surface area contributed by atoms with Gasteiger partial charge in [-0.25, -0.2) is 0 Å². The van der Waals surface area contributed by atoms with Crippen molar-refractivity contribution in [1.82, 2.24) is 9.80 Å². The van der Waals surface area contributed by atoms with Gasteiger partial charge < -0.3 is 15.5 Å². The Bertz CT molecular complexity index is 810. The average Bonchev–Trinajstić information content (AvgIpc) is 2.71. The Morgan fingerprint density at radius 1 is 1.29 bits per heavy atom. The van der Waals surface area contributed by atoms with Crippen molar-refractivity contribution < 1.29 is 0 Å². The molecule has 0 fully saturated rings. The van der Waals surface area contributed by atoms with Crippen molar-refractivity contribution in [2.45, 2.75) is 19.3 Å². The van der Waals surface area contributed by atoms with Gasteiger partial charge >= 0.3 is 0 Å². The van der Waals surface area contributed by atoms with Gasteiger partial charge in [0.15, 0.2) is 0 Å². The fraction of sp³-hybridized carbons (Fsp3) is 0.333. The van der Waals surface area contributed by atoms with Crippen LogP contribution in [0.1, 0.15) is 24.8 Å². The second-order valence-electron chi connectivity index (χ2n) is 7.35. The van der Waals surface area contributed by atoms with Crippen LogP contribution in [0.3, 0.4) is 0 Å². The summed E-state index contributed by atoms with van der Waals surface area (Å²) in [5.74, 6) is 0.425. The summed E-state index contributed by atoms with van der Waals surface area (Å²) in [5.41, 5.74) is 13.6. The van der Waals surface area contributed by atoms with Crippen LogP contribution < -0.4 is 5.73 Å². The molecule has 3 N–H and O–H groups in total. The monoisotopic (exact) mass is 376 g/mol. The van der Waals surface area contributed by atoms with Crippen LogP contribution in [0.5, 0.6) is 0 Å². The van der Waals surface area contributed by atoms with Crippen molar-refractivity contribution in [2.24, 2.45) is 5.73 Å². The molecular formula is C24H32N4. The lowest BCUT2D eigenvalue weighted by atomic mass is 9.95. The van der Waals surface area contributed by atoms with E-state index in [0.717, 1.165) is 42.9 Å². The van der Waals surface area contributed by atoms with E-state index in [1.54, 1.807) is 0 Å². The Morgan fingerprint density at radius 2 is 2.00 bits per heavy atom. The highest BCUT2D eigenvalue weighted by Crippen LogP contribution is 2.19. The second-order valence-corrected chi connectivity index (χ2v) is 7.35. The standard InChI is InChI=1S/C13H20N4.C11H12/c1-16-6-3-10(4-7-16)13(15)11-9-17(2)8-5-12(11)14;1-3-7-10(2)11-8-5-4-6-9-11/h3-4,6,15H,5,7-9,14H2,1-2H3;4-10H,1H2,2H3. The van der Waals surface area contributed by atoms with E-state index >= 15 is 0 Å². The first-order valence-electron chi connectivity index (χ1n) is 9.67. The van der Waals surface area contributed by atoms with Crippen LogP contribution in [0.4, 0.5) is 0 Å². The summed E-state index contributed by atoms with van der Waals surface area (Å²) < 4.78 is 0. The second kappa shape index (κ2) is 10.5. The van der Waals surface area contributed by atoms with Crippen LogP contribution in [0.25, 0.3) is 0 Å². The molecule has 4 heteroatoms. The van der Waals surface area contributed by atoms with E-state index in [-0.39, 0.29) is 0 Å². The Kier molecular flexibility index (Phi) is 8.06. The van der Waals surface area contributed by atoms with Gasteiger partial charge in [0.1, 0.15) is 0 Å². The number of allylic oxidation sites excluding steroid dienone is 3. The summed E-state index contributed by atoms with van der Waals surface area (Å²) in [5, 5.41) is 8.26. The average molecular weight is 377 g/mol. The summed E-state index contributed by atoms with van der Waals surface area (Å²) in [6.45, 7) is 8.31. The van der Waals surface area contributed by atoms with Crippen LogP contribution in [0.2, 0.25) is 0 Å². The molecule has 2 heterocycles. The zero-order chi connectivity index (χ0) is 20.5. The van der Waals surface area contributed by atoms with Gasteiger partial charge in [0.25, 0.3) is 0 Å². The predicted molar refractivity (Wildman–Crippen MR) is 119 cm³/mol. The maximum absolute atomic E-state index is 8.26. The molecule has 3 rings (SSSR count). The number of rotatable bonds is 4. The quantitative estimate of drug-likeness (QED) is 0.615. The van der Waals surface area contributed by atoms with Gasteiger partial charge in [-0.2, -0.15) is 0 Å². The molecule has 2 aliphatic rings. The zero-order valence-corrected chi connectivity index (χ0v) is 17.3. The molecule has 0 spiro atoms. The molecule has 4 nitrogen and oxygen atoms in total. The summed E-state index contributed by atoms with van der Waals surface area (Å²) in [7, 11) is 4.09. The molecule has 0 saturated carbocycles. The fourth-order valence-electron chi connectivity index (χ4n) is 3.12. The SMILES string of the molecule is C=C=CC(C)c1ccccc1.CN1C=CC(C(=N)C2=C(N)CCN(C)C2)=CC1. The molecule has 0 aromatic heterocycles. The van der Waals surface area contributed by atoms with E-state index in [2.05, 4.69) is 54.3 Å². The van der Waals surface area contributed by atoms with E-state index in [9.17, 15) is 0 Å². The highest BCUT2D eigenvalue weighted by Gasteiger charge is 2.19. The minimum Gasteiger partial charge on any atom is -0.402 e. The minimum absolute atomic E-state index is 0.425. The highest BCUT2D eigenvalue weighted by molar-refractivity contribution is 6.12. The molecular weight excluding hydrogens is 344 g/mol. The van der Waals surface area contributed by atoms with Gasteiger partial charge in [0.2, 0.25) is 0 Å². The molecule has 0 aliphatic carbocycles. The van der Waals surface area contributed by atoms with E-state index in [1.807, 2.05) is 43.6 Å². The van der Waals surface area contributed by atoms with Crippen molar-refractivity contribution >= 4 is 5.71 Å². The van der Waals surface area contributed by atoms with Gasteiger partial charge in [-0.05, 0) is 36.5 Å². The number of nitrogens with zero attached hydrogens (tertiary/aromatic N) is 2. The molecule has 148 valence electrons. The van der Waals surface area contributed by atoms with E-state index in [1.165, 1.54) is 5.56 Å². The Hall–Kier alpha value is -2.81. The topological polar surface area (TPSA) is 56.4 Å². The summed E-state index contributed by atoms with van der Waals surface area (Å²) in [4.78, 5) is 4.29. The van der Waals surface area contributed by atoms with E-state index in [0.29, 0.717) is 11.6 Å². The summed E-state index contributed by atoms with van der Waals surface area (Å²) in [6.07, 6.45) is 8.91. The lowest BCUT2D eigenvalue weighted by Crippen LogP contribution is -2.33. The minimum atomic E-state index is 0.425. The molecule has 0 bridgehead atoms. The van der Waals surface area contributed by atoms with Gasteiger partial charge in [-0.15, -0.1) is 5.73 Å². The number of hydrogen-bond donors (Lipinski definition) is 2. The Balaban J connectivity index is 0.000000221. The van der Waals surface area contributed by atoms with Crippen LogP contribution in [0, 0.1) is 5.41 Å². The predicted octanol–water partition coefficient (Wildman–Crippen LogP) is 4.07. The largest absolute Gasteiger partial charge is 0.402 e. The molecule has 1 atom stereocenters. The molecule has 1 unspecified atom stereocenters. The maximum atomic E-state index is 8.26. The van der Waals surface area contributed by atoms with Crippen LogP contribution in [-0.4, -0.2) is 49.2 Å². The normalized spacial score (nSPS) is 17.8. The van der Waals surface area contributed by atoms with Crippen LogP contribution in [0.15, 0.2) is 83.9 Å². The first-order chi connectivity index (χ1) is 13.4. The fourth-order valence-corrected chi connectivity index (χ4v) is 3.12. The highest BCUT2D eigenvalue weighted by atomic mass is 15.1. The van der Waals surface area contributed by atoms with E-state index in [4.69, 9.17) is 11.1 Å². The Labute approximate surface area is 169 Å². The van der Waals surface area contributed by atoms with Gasteiger partial charge in [0.05, 0.1) is 5.71 Å². The van der Waals surface area contributed by atoms with Crippen molar-refractivity contribution in [3.63, 3.8) is 0 Å². The first kappa shape index (κ1) is 21.5. The molecule has 1 aromatic rings. The molecule has 0 amide bonds. The number of nitrogens with one attached hydrogen (secondary N) is 1. The van der Waals surface area contributed by atoms with Crippen LogP contribution in [-0.2, 0) is 0 Å². The van der Waals surface area contributed by atoms with Crippen molar-refractivity contribution in [3.8, 4) is 0 Å². The zero-order valence-electron chi connectivity index (χ0n) is 17.3. The molecule has 1 aromatic carbocycles. The summed E-state index contributed by atoms with van der Waals surface area (Å²) >= 11 is 0. The number of hydrogen-bond acceptors (Lipinski definition) is 4. The number of likely N-dealkylation sites (N-methyl/N-ethyl adjacent to an activating group) is 2. The number of nitrogens with two attached hydrogens (primary N) is 1. The third-order valence-corrected chi connectivity index (χ3v) is 4.97. The van der Waals surface area contributed by atoms with Gasteiger partial charge in [-0.3, -0.25) is 5.41 Å². The van der Waals surface area contributed by atoms with E-state index < -0.39 is 0 Å². The van der Waals surface area contributed by atoms with Gasteiger partial charge in [0, 0.05) is 50.3 Å². The van der Waals surface area contributed by atoms with Crippen molar-refractivity contribution in [2.75, 3.05) is 33.7 Å². The van der Waals surface area contributed by atoms with Crippen molar-refractivity contribution in [3.05, 3.63) is 89.5 Å². The van der Waals surface area contributed by atoms with Gasteiger partial charge in [-0.1, -0.05) is 49.9 Å². The smallest absolute Gasteiger partial charge is 0.0672 e. The first-order valence-corrected chi connectivity index (χ1v) is 9.67. The molecule has 2 aliphatic heterocycles. The summed E-state index contributed by atoms with van der Waals surface area (Å²) in [6, 6.07) is 10.3. The third-order valence-electron chi connectivity index (χ3n) is 4.97. The van der Waals surface area contributed by atoms with Crippen LogP contribution >= 0.6 is 0 Å². The molecule has 0 saturated heterocycles. The lowest BCUT2D eigenvalue weighted by Gasteiger charge is -2.27. The third kappa shape index (κ3) is 6.12. The molecule has 0 radical (unpaired) electrons. The lowest BCUT2D eigenvalue weighted by molar-refractivity contribution is 0.352. The number of benzene rings is 1. The molecule has 28 heavy (non-hydrogen) atoms. The Morgan fingerprint density at radius 3 is 2.61 bits per heavy atom. The maximum Gasteiger partial charge on any atom is 0.0672 e. The van der Waals surface area contributed by atoms with Crippen molar-refractivity contribution in [1.29, 1.82) is 5.41 Å².